The Morgan fingerprint density at radius 1 is 1.39 bits per heavy atom. The molecule has 124 valence electrons. The normalized spacial score (nSPS) is 19.2. The molecule has 1 atom stereocenters. The zero-order chi connectivity index (χ0) is 16.4. The molecule has 1 aromatic heterocycles. The van der Waals surface area contributed by atoms with Crippen molar-refractivity contribution in [2.75, 3.05) is 30.8 Å². The van der Waals surface area contributed by atoms with Crippen LogP contribution in [0.1, 0.15) is 12.8 Å². The largest absolute Gasteiger partial charge is 0.356 e. The first-order valence-corrected chi connectivity index (χ1v) is 9.41. The molecule has 0 aliphatic carbocycles. The number of aromatic nitrogens is 2. The maximum Gasteiger partial charge on any atom is 0.208 e. The Labute approximate surface area is 134 Å². The highest BCUT2D eigenvalue weighted by Gasteiger charge is 2.23. The summed E-state index contributed by atoms with van der Waals surface area (Å²) in [6.07, 6.45) is 4.54. The van der Waals surface area contributed by atoms with Crippen LogP contribution in [0, 0.1) is 11.7 Å². The number of nitrogens with one attached hydrogen (secondary N) is 1. The van der Waals surface area contributed by atoms with Crippen LogP contribution in [0.15, 0.2) is 24.5 Å². The highest BCUT2D eigenvalue weighted by Crippen LogP contribution is 2.27. The summed E-state index contributed by atoms with van der Waals surface area (Å²) in [5.74, 6) is 0.680. The molecule has 1 aliphatic rings. The van der Waals surface area contributed by atoms with Gasteiger partial charge in [0, 0.05) is 31.1 Å². The molecular weight excluding hydrogens is 319 g/mol. The van der Waals surface area contributed by atoms with Crippen LogP contribution in [0.5, 0.6) is 0 Å². The number of halogens is 1. The van der Waals surface area contributed by atoms with E-state index in [2.05, 4.69) is 19.6 Å². The Kier molecular flexibility index (Phi) is 4.45. The summed E-state index contributed by atoms with van der Waals surface area (Å²) in [6, 6.07) is 4.49. The van der Waals surface area contributed by atoms with E-state index >= 15 is 0 Å². The van der Waals surface area contributed by atoms with Gasteiger partial charge in [-0.25, -0.2) is 27.5 Å². The van der Waals surface area contributed by atoms with Crippen molar-refractivity contribution in [3.05, 3.63) is 30.3 Å². The van der Waals surface area contributed by atoms with Crippen LogP contribution >= 0.6 is 0 Å². The van der Waals surface area contributed by atoms with E-state index in [4.69, 9.17) is 0 Å². The van der Waals surface area contributed by atoms with Crippen molar-refractivity contribution < 1.29 is 12.8 Å². The fraction of sp³-hybridized carbons (Fsp3) is 0.467. The Morgan fingerprint density at radius 2 is 2.22 bits per heavy atom. The number of fused-ring (bicyclic) bond motifs is 1. The second kappa shape index (κ2) is 6.37. The molecule has 2 aromatic rings. The van der Waals surface area contributed by atoms with Gasteiger partial charge in [-0.15, -0.1) is 0 Å². The lowest BCUT2D eigenvalue weighted by Gasteiger charge is -2.34. The molecule has 0 amide bonds. The second-order valence-corrected chi connectivity index (χ2v) is 7.77. The van der Waals surface area contributed by atoms with E-state index in [1.807, 2.05) is 0 Å². The van der Waals surface area contributed by atoms with Crippen LogP contribution in [-0.4, -0.2) is 44.3 Å². The zero-order valence-corrected chi connectivity index (χ0v) is 13.7. The van der Waals surface area contributed by atoms with Gasteiger partial charge in [-0.3, -0.25) is 0 Å². The Hall–Kier alpha value is -1.80. The van der Waals surface area contributed by atoms with Crippen molar-refractivity contribution >= 4 is 26.7 Å². The predicted molar refractivity (Wildman–Crippen MR) is 87.3 cm³/mol. The molecule has 23 heavy (non-hydrogen) atoms. The monoisotopic (exact) mass is 338 g/mol. The number of nitrogens with zero attached hydrogens (tertiary/aromatic N) is 3. The minimum atomic E-state index is -3.18. The first kappa shape index (κ1) is 16.1. The third kappa shape index (κ3) is 3.94. The summed E-state index contributed by atoms with van der Waals surface area (Å²) >= 11 is 0. The molecular formula is C15H19FN4O2S. The number of piperidine rings is 1. The lowest BCUT2D eigenvalue weighted by molar-refractivity contribution is 0.410. The average Bonchev–Trinajstić information content (AvgIpc) is 2.52. The molecule has 1 fully saturated rings. The number of anilines is 1. The molecule has 1 N–H and O–H groups in total. The first-order valence-electron chi connectivity index (χ1n) is 7.52. The quantitative estimate of drug-likeness (QED) is 0.915. The molecule has 3 rings (SSSR count). The van der Waals surface area contributed by atoms with Crippen LogP contribution in [-0.2, 0) is 10.0 Å². The Morgan fingerprint density at radius 3 is 3.00 bits per heavy atom. The number of hydrogen-bond acceptors (Lipinski definition) is 5. The summed E-state index contributed by atoms with van der Waals surface area (Å²) in [7, 11) is -3.18. The molecule has 1 aromatic carbocycles. The standard InChI is InChI=1S/C15H19FN4O2S/c1-23(21,22)19-8-11-3-2-6-20(9-11)15-13-5-4-12(16)7-14(13)17-10-18-15/h4-5,7,10-11,19H,2-3,6,8-9H2,1H3. The van der Waals surface area contributed by atoms with E-state index < -0.39 is 10.0 Å². The van der Waals surface area contributed by atoms with Crippen LogP contribution in [0.3, 0.4) is 0 Å². The van der Waals surface area contributed by atoms with E-state index in [1.54, 1.807) is 6.07 Å². The van der Waals surface area contributed by atoms with Gasteiger partial charge in [0.2, 0.25) is 10.0 Å². The van der Waals surface area contributed by atoms with Gasteiger partial charge in [-0.05, 0) is 30.9 Å². The molecule has 0 spiro atoms. The van der Waals surface area contributed by atoms with Crippen molar-refractivity contribution in [1.82, 2.24) is 14.7 Å². The predicted octanol–water partition coefficient (Wildman–Crippen LogP) is 1.53. The van der Waals surface area contributed by atoms with Crippen LogP contribution in [0.2, 0.25) is 0 Å². The molecule has 0 radical (unpaired) electrons. The van der Waals surface area contributed by atoms with Crippen molar-refractivity contribution in [3.8, 4) is 0 Å². The van der Waals surface area contributed by atoms with Crippen LogP contribution < -0.4 is 9.62 Å². The van der Waals surface area contributed by atoms with Gasteiger partial charge in [0.15, 0.2) is 0 Å². The molecule has 1 unspecified atom stereocenters. The minimum Gasteiger partial charge on any atom is -0.356 e. The topological polar surface area (TPSA) is 75.2 Å². The number of benzene rings is 1. The molecule has 1 aliphatic heterocycles. The first-order chi connectivity index (χ1) is 10.9. The number of hydrogen-bond donors (Lipinski definition) is 1. The third-order valence-corrected chi connectivity index (χ3v) is 4.72. The smallest absolute Gasteiger partial charge is 0.208 e. The average molecular weight is 338 g/mol. The van der Waals surface area contributed by atoms with Crippen LogP contribution in [0.25, 0.3) is 10.9 Å². The number of rotatable bonds is 4. The van der Waals surface area contributed by atoms with Crippen molar-refractivity contribution in [2.45, 2.75) is 12.8 Å². The number of sulfonamides is 1. The van der Waals surface area contributed by atoms with Gasteiger partial charge in [-0.2, -0.15) is 0 Å². The molecule has 8 heteroatoms. The van der Waals surface area contributed by atoms with Gasteiger partial charge in [0.25, 0.3) is 0 Å². The van der Waals surface area contributed by atoms with Crippen molar-refractivity contribution in [2.24, 2.45) is 5.92 Å². The van der Waals surface area contributed by atoms with Crippen molar-refractivity contribution in [1.29, 1.82) is 0 Å². The van der Waals surface area contributed by atoms with E-state index in [0.717, 1.165) is 30.6 Å². The Bertz CT molecular complexity index is 812. The molecule has 1 saturated heterocycles. The molecule has 6 nitrogen and oxygen atoms in total. The summed E-state index contributed by atoms with van der Waals surface area (Å²) in [4.78, 5) is 10.6. The fourth-order valence-corrected chi connectivity index (χ4v) is 3.50. The van der Waals surface area contributed by atoms with Crippen molar-refractivity contribution in [3.63, 3.8) is 0 Å². The van der Waals surface area contributed by atoms with E-state index in [9.17, 15) is 12.8 Å². The SMILES string of the molecule is CS(=O)(=O)NCC1CCCN(c2ncnc3cc(F)ccc23)C1. The fourth-order valence-electron chi connectivity index (χ4n) is 2.96. The molecule has 2 heterocycles. The van der Waals surface area contributed by atoms with E-state index in [1.165, 1.54) is 24.7 Å². The maximum atomic E-state index is 13.3. The van der Waals surface area contributed by atoms with Gasteiger partial charge in [0.1, 0.15) is 18.0 Å². The lowest BCUT2D eigenvalue weighted by atomic mass is 9.98. The Balaban J connectivity index is 1.81. The third-order valence-electron chi connectivity index (χ3n) is 4.03. The van der Waals surface area contributed by atoms with Gasteiger partial charge >= 0.3 is 0 Å². The van der Waals surface area contributed by atoms with Crippen LogP contribution in [0.4, 0.5) is 10.2 Å². The summed E-state index contributed by atoms with van der Waals surface area (Å²) < 4.78 is 38.4. The molecule has 0 saturated carbocycles. The summed E-state index contributed by atoms with van der Waals surface area (Å²) in [5.41, 5.74) is 0.575. The van der Waals surface area contributed by atoms with E-state index in [0.29, 0.717) is 18.6 Å². The lowest BCUT2D eigenvalue weighted by Crippen LogP contribution is -2.41. The highest BCUT2D eigenvalue weighted by atomic mass is 32.2. The van der Waals surface area contributed by atoms with Gasteiger partial charge in [0.05, 0.1) is 11.8 Å². The van der Waals surface area contributed by atoms with Gasteiger partial charge in [-0.1, -0.05) is 0 Å². The summed E-state index contributed by atoms with van der Waals surface area (Å²) in [5, 5.41) is 0.811. The second-order valence-electron chi connectivity index (χ2n) is 5.93. The van der Waals surface area contributed by atoms with E-state index in [-0.39, 0.29) is 11.7 Å². The summed E-state index contributed by atoms with van der Waals surface area (Å²) in [6.45, 7) is 1.98. The minimum absolute atomic E-state index is 0.226. The molecule has 0 bridgehead atoms. The maximum absolute atomic E-state index is 13.3. The van der Waals surface area contributed by atoms with Gasteiger partial charge < -0.3 is 4.90 Å². The highest BCUT2D eigenvalue weighted by molar-refractivity contribution is 7.88. The zero-order valence-electron chi connectivity index (χ0n) is 12.9.